The molecule has 0 aliphatic rings. The number of halogens is 3. The summed E-state index contributed by atoms with van der Waals surface area (Å²) in [7, 11) is 0. The van der Waals surface area contributed by atoms with Gasteiger partial charge >= 0.3 is 0 Å². The molecule has 0 aromatic heterocycles. The van der Waals surface area contributed by atoms with E-state index < -0.39 is 6.04 Å². The molecule has 8 heteroatoms. The molecule has 0 fully saturated rings. The summed E-state index contributed by atoms with van der Waals surface area (Å²) in [4.78, 5) is 27.3. The van der Waals surface area contributed by atoms with Crippen LogP contribution in [-0.2, 0) is 16.1 Å². The van der Waals surface area contributed by atoms with E-state index in [2.05, 4.69) is 5.32 Å². The van der Waals surface area contributed by atoms with Crippen LogP contribution in [0.5, 0.6) is 5.75 Å². The molecule has 2 rings (SSSR count). The van der Waals surface area contributed by atoms with Gasteiger partial charge in [0.1, 0.15) is 11.8 Å². The van der Waals surface area contributed by atoms with Crippen molar-refractivity contribution in [2.24, 2.45) is 0 Å². The molecule has 0 heterocycles. The molecule has 0 unspecified atom stereocenters. The molecule has 1 atom stereocenters. The molecule has 0 bridgehead atoms. The Bertz CT molecular complexity index is 859. The Hall–Kier alpha value is -1.95. The fourth-order valence-electron chi connectivity index (χ4n) is 2.88. The summed E-state index contributed by atoms with van der Waals surface area (Å²) < 4.78 is 5.61. The molecule has 0 saturated carbocycles. The summed E-state index contributed by atoms with van der Waals surface area (Å²) in [5.41, 5.74) is 0.697. The Kier molecular flexibility index (Phi) is 9.76. The van der Waals surface area contributed by atoms with Crippen LogP contribution in [0.25, 0.3) is 0 Å². The molecule has 0 aliphatic carbocycles. The fraction of sp³-hybridized carbons (Fsp3) is 0.364. The monoisotopic (exact) mass is 470 g/mol. The van der Waals surface area contributed by atoms with Crippen molar-refractivity contribution in [1.29, 1.82) is 0 Å². The standard InChI is InChI=1S/C22H25Cl3N2O3/c1-3-11-26-22(29)20(4-2)27(13-15-5-6-17(24)12-19(15)25)21(28)14-30-18-9-7-16(23)8-10-18/h5-10,12,20H,3-4,11,13-14H2,1-2H3,(H,26,29)/t20-/m1/s1. The van der Waals surface area contributed by atoms with E-state index in [4.69, 9.17) is 39.5 Å². The van der Waals surface area contributed by atoms with E-state index in [1.165, 1.54) is 4.90 Å². The molecule has 2 amide bonds. The summed E-state index contributed by atoms with van der Waals surface area (Å²) in [5.74, 6) is -0.0144. The highest BCUT2D eigenvalue weighted by atomic mass is 35.5. The van der Waals surface area contributed by atoms with Crippen molar-refractivity contribution in [3.05, 3.63) is 63.1 Å². The predicted molar refractivity (Wildman–Crippen MR) is 121 cm³/mol. The predicted octanol–water partition coefficient (Wildman–Crippen LogP) is 5.36. The smallest absolute Gasteiger partial charge is 0.261 e. The Morgan fingerprint density at radius 2 is 1.70 bits per heavy atom. The van der Waals surface area contributed by atoms with E-state index in [9.17, 15) is 9.59 Å². The minimum atomic E-state index is -0.649. The second-order valence-corrected chi connectivity index (χ2v) is 8.00. The summed E-state index contributed by atoms with van der Waals surface area (Å²) in [6.45, 7) is 4.32. The number of benzene rings is 2. The SMILES string of the molecule is CCCNC(=O)[C@@H](CC)N(Cc1ccc(Cl)cc1Cl)C(=O)COc1ccc(Cl)cc1. The molecular formula is C22H25Cl3N2O3. The topological polar surface area (TPSA) is 58.6 Å². The van der Waals surface area contributed by atoms with Crippen LogP contribution >= 0.6 is 34.8 Å². The zero-order valence-electron chi connectivity index (χ0n) is 17.0. The number of ether oxygens (including phenoxy) is 1. The first kappa shape index (κ1) is 24.3. The Balaban J connectivity index is 2.22. The fourth-order valence-corrected chi connectivity index (χ4v) is 3.47. The molecule has 30 heavy (non-hydrogen) atoms. The summed E-state index contributed by atoms with van der Waals surface area (Å²) >= 11 is 18.2. The zero-order chi connectivity index (χ0) is 22.1. The number of nitrogens with zero attached hydrogens (tertiary/aromatic N) is 1. The third kappa shape index (κ3) is 7.08. The Morgan fingerprint density at radius 1 is 1.03 bits per heavy atom. The van der Waals surface area contributed by atoms with Crippen molar-refractivity contribution < 1.29 is 14.3 Å². The average molecular weight is 472 g/mol. The van der Waals surface area contributed by atoms with Crippen molar-refractivity contribution in [2.75, 3.05) is 13.2 Å². The van der Waals surface area contributed by atoms with Gasteiger partial charge in [0.2, 0.25) is 5.91 Å². The molecule has 0 saturated heterocycles. The molecule has 162 valence electrons. The van der Waals surface area contributed by atoms with E-state index in [1.54, 1.807) is 42.5 Å². The number of hydrogen-bond donors (Lipinski definition) is 1. The Morgan fingerprint density at radius 3 is 2.30 bits per heavy atom. The van der Waals surface area contributed by atoms with Gasteiger partial charge in [0.25, 0.3) is 5.91 Å². The average Bonchev–Trinajstić information content (AvgIpc) is 2.73. The summed E-state index contributed by atoms with van der Waals surface area (Å²) in [6, 6.07) is 11.1. The van der Waals surface area contributed by atoms with Crippen LogP contribution in [0, 0.1) is 0 Å². The minimum Gasteiger partial charge on any atom is -0.484 e. The first-order valence-corrected chi connectivity index (χ1v) is 10.9. The maximum absolute atomic E-state index is 13.1. The first-order chi connectivity index (χ1) is 14.3. The van der Waals surface area contributed by atoms with E-state index in [-0.39, 0.29) is 25.0 Å². The van der Waals surface area contributed by atoms with Gasteiger partial charge in [-0.25, -0.2) is 0 Å². The lowest BCUT2D eigenvalue weighted by atomic mass is 10.1. The van der Waals surface area contributed by atoms with Gasteiger partial charge in [0.15, 0.2) is 6.61 Å². The van der Waals surface area contributed by atoms with Crippen molar-refractivity contribution in [2.45, 2.75) is 39.3 Å². The highest BCUT2D eigenvalue weighted by molar-refractivity contribution is 6.35. The third-order valence-corrected chi connectivity index (χ3v) is 5.31. The molecule has 0 spiro atoms. The van der Waals surface area contributed by atoms with Gasteiger partial charge < -0.3 is 15.0 Å². The zero-order valence-corrected chi connectivity index (χ0v) is 19.2. The second kappa shape index (κ2) is 12.0. The van der Waals surface area contributed by atoms with E-state index in [0.29, 0.717) is 39.3 Å². The van der Waals surface area contributed by atoms with Gasteiger partial charge in [0.05, 0.1) is 0 Å². The molecular weight excluding hydrogens is 447 g/mol. The maximum atomic E-state index is 13.1. The molecule has 1 N–H and O–H groups in total. The summed E-state index contributed by atoms with van der Waals surface area (Å²) in [5, 5.41) is 4.37. The number of carbonyl (C=O) groups excluding carboxylic acids is 2. The highest BCUT2D eigenvalue weighted by Crippen LogP contribution is 2.24. The van der Waals surface area contributed by atoms with Gasteiger partial charge in [-0.15, -0.1) is 0 Å². The highest BCUT2D eigenvalue weighted by Gasteiger charge is 2.29. The van der Waals surface area contributed by atoms with Gasteiger partial charge in [-0.05, 0) is 54.8 Å². The normalized spacial score (nSPS) is 11.6. The number of nitrogens with one attached hydrogen (secondary N) is 1. The van der Waals surface area contributed by atoms with Crippen LogP contribution in [0.4, 0.5) is 0 Å². The maximum Gasteiger partial charge on any atom is 0.261 e. The molecule has 2 aromatic carbocycles. The number of amides is 2. The van der Waals surface area contributed by atoms with Crippen LogP contribution in [0.15, 0.2) is 42.5 Å². The van der Waals surface area contributed by atoms with Crippen molar-refractivity contribution in [1.82, 2.24) is 10.2 Å². The largest absolute Gasteiger partial charge is 0.484 e. The lowest BCUT2D eigenvalue weighted by Gasteiger charge is -2.30. The lowest BCUT2D eigenvalue weighted by Crippen LogP contribution is -2.50. The molecule has 0 radical (unpaired) electrons. The van der Waals surface area contributed by atoms with Gasteiger partial charge in [-0.3, -0.25) is 9.59 Å². The quantitative estimate of drug-likeness (QED) is 0.507. The van der Waals surface area contributed by atoms with Gasteiger partial charge in [0, 0.05) is 28.2 Å². The number of rotatable bonds is 10. The van der Waals surface area contributed by atoms with Gasteiger partial charge in [-0.1, -0.05) is 54.7 Å². The van der Waals surface area contributed by atoms with Crippen LogP contribution in [0.3, 0.4) is 0 Å². The van der Waals surface area contributed by atoms with Crippen LogP contribution < -0.4 is 10.1 Å². The molecule has 5 nitrogen and oxygen atoms in total. The van der Waals surface area contributed by atoms with Crippen molar-refractivity contribution >= 4 is 46.6 Å². The van der Waals surface area contributed by atoms with Crippen molar-refractivity contribution in [3.8, 4) is 5.75 Å². The Labute approximate surface area is 192 Å². The molecule has 0 aliphatic heterocycles. The van der Waals surface area contributed by atoms with E-state index in [1.807, 2.05) is 13.8 Å². The molecule has 2 aromatic rings. The first-order valence-electron chi connectivity index (χ1n) is 9.75. The van der Waals surface area contributed by atoms with Crippen LogP contribution in [0.2, 0.25) is 15.1 Å². The minimum absolute atomic E-state index is 0.164. The lowest BCUT2D eigenvalue weighted by molar-refractivity contribution is -0.143. The van der Waals surface area contributed by atoms with E-state index in [0.717, 1.165) is 6.42 Å². The number of hydrogen-bond acceptors (Lipinski definition) is 3. The van der Waals surface area contributed by atoms with Crippen LogP contribution in [0.1, 0.15) is 32.3 Å². The third-order valence-electron chi connectivity index (χ3n) is 4.47. The van der Waals surface area contributed by atoms with Crippen molar-refractivity contribution in [3.63, 3.8) is 0 Å². The van der Waals surface area contributed by atoms with E-state index >= 15 is 0 Å². The summed E-state index contributed by atoms with van der Waals surface area (Å²) in [6.07, 6.45) is 1.26. The number of carbonyl (C=O) groups is 2. The van der Waals surface area contributed by atoms with Gasteiger partial charge in [-0.2, -0.15) is 0 Å². The van der Waals surface area contributed by atoms with Crippen LogP contribution in [-0.4, -0.2) is 35.9 Å². The second-order valence-electron chi connectivity index (χ2n) is 6.72.